The smallest absolute Gasteiger partial charge is 0.255 e. The molecule has 170 valence electrons. The van der Waals surface area contributed by atoms with Crippen molar-refractivity contribution in [3.8, 4) is 0 Å². The average molecular weight is 465 g/mol. The van der Waals surface area contributed by atoms with Crippen LogP contribution >= 0.6 is 11.6 Å². The summed E-state index contributed by atoms with van der Waals surface area (Å²) < 4.78 is 5.38. The monoisotopic (exact) mass is 464 g/mol. The van der Waals surface area contributed by atoms with Crippen LogP contribution in [-0.4, -0.2) is 43.1 Å². The second kappa shape index (κ2) is 10.0. The van der Waals surface area contributed by atoms with E-state index in [1.54, 1.807) is 55.6 Å². The number of nitrogens with one attached hydrogen (secondary N) is 2. The lowest BCUT2D eigenvalue weighted by Gasteiger charge is -2.27. The summed E-state index contributed by atoms with van der Waals surface area (Å²) in [4.78, 5) is 32.2. The van der Waals surface area contributed by atoms with Gasteiger partial charge in [-0.25, -0.2) is 4.98 Å². The predicted octanol–water partition coefficient (Wildman–Crippen LogP) is 4.69. The van der Waals surface area contributed by atoms with Crippen LogP contribution < -0.4 is 15.5 Å². The van der Waals surface area contributed by atoms with Gasteiger partial charge in [-0.3, -0.25) is 9.59 Å². The summed E-state index contributed by atoms with van der Waals surface area (Å²) in [5.41, 5.74) is 3.79. The van der Waals surface area contributed by atoms with Gasteiger partial charge in [0.1, 0.15) is 5.82 Å². The van der Waals surface area contributed by atoms with Crippen LogP contribution in [0.1, 0.15) is 31.8 Å². The van der Waals surface area contributed by atoms with Crippen LogP contribution in [0.4, 0.5) is 17.2 Å². The fraction of sp³-hybridized carbons (Fsp3) is 0.240. The van der Waals surface area contributed by atoms with Crippen molar-refractivity contribution in [1.29, 1.82) is 0 Å². The van der Waals surface area contributed by atoms with E-state index in [1.807, 2.05) is 13.0 Å². The second-order valence-corrected chi connectivity index (χ2v) is 8.26. The molecular formula is C25H25ClN4O3. The molecule has 2 N–H and O–H groups in total. The highest BCUT2D eigenvalue weighted by Gasteiger charge is 2.16. The second-order valence-electron chi connectivity index (χ2n) is 7.85. The highest BCUT2D eigenvalue weighted by molar-refractivity contribution is 6.32. The van der Waals surface area contributed by atoms with Gasteiger partial charge in [0.15, 0.2) is 0 Å². The molecule has 0 atom stereocenters. The van der Waals surface area contributed by atoms with Crippen LogP contribution in [0.25, 0.3) is 0 Å². The number of pyridine rings is 1. The molecule has 0 spiro atoms. The molecule has 2 heterocycles. The summed E-state index contributed by atoms with van der Waals surface area (Å²) in [7, 11) is 0. The number of amides is 2. The van der Waals surface area contributed by atoms with Crippen molar-refractivity contribution in [3.05, 3.63) is 82.0 Å². The van der Waals surface area contributed by atoms with E-state index >= 15 is 0 Å². The Labute approximate surface area is 197 Å². The van der Waals surface area contributed by atoms with Gasteiger partial charge < -0.3 is 20.3 Å². The van der Waals surface area contributed by atoms with Crippen molar-refractivity contribution < 1.29 is 14.3 Å². The van der Waals surface area contributed by atoms with Gasteiger partial charge in [-0.1, -0.05) is 23.7 Å². The van der Waals surface area contributed by atoms with E-state index < -0.39 is 0 Å². The lowest BCUT2D eigenvalue weighted by molar-refractivity contribution is 0.101. The van der Waals surface area contributed by atoms with E-state index in [4.69, 9.17) is 16.3 Å². The molecule has 7 nitrogen and oxygen atoms in total. The van der Waals surface area contributed by atoms with E-state index in [1.165, 1.54) is 0 Å². The molecule has 0 radical (unpaired) electrons. The van der Waals surface area contributed by atoms with Crippen molar-refractivity contribution in [2.24, 2.45) is 0 Å². The largest absolute Gasteiger partial charge is 0.378 e. The molecular weight excluding hydrogens is 440 g/mol. The lowest BCUT2D eigenvalue weighted by atomic mass is 10.1. The highest BCUT2D eigenvalue weighted by atomic mass is 35.5. The molecule has 1 aromatic heterocycles. The van der Waals surface area contributed by atoms with Gasteiger partial charge in [0.05, 0.1) is 13.2 Å². The number of hydrogen-bond acceptors (Lipinski definition) is 5. The van der Waals surface area contributed by atoms with E-state index in [2.05, 4.69) is 20.5 Å². The topological polar surface area (TPSA) is 83.6 Å². The minimum absolute atomic E-state index is 0.251. The molecule has 3 aromatic rings. The molecule has 0 bridgehead atoms. The van der Waals surface area contributed by atoms with Crippen LogP contribution in [0.5, 0.6) is 0 Å². The number of benzene rings is 2. The van der Waals surface area contributed by atoms with Crippen molar-refractivity contribution in [2.45, 2.75) is 13.8 Å². The molecule has 2 aromatic carbocycles. The van der Waals surface area contributed by atoms with Crippen LogP contribution in [0.2, 0.25) is 5.02 Å². The van der Waals surface area contributed by atoms with Gasteiger partial charge in [0.2, 0.25) is 0 Å². The minimum Gasteiger partial charge on any atom is -0.378 e. The Balaban J connectivity index is 1.49. The predicted molar refractivity (Wildman–Crippen MR) is 131 cm³/mol. The quantitative estimate of drug-likeness (QED) is 0.572. The van der Waals surface area contributed by atoms with Crippen molar-refractivity contribution in [2.75, 3.05) is 41.8 Å². The maximum atomic E-state index is 12.9. The van der Waals surface area contributed by atoms with Gasteiger partial charge >= 0.3 is 0 Å². The number of hydrogen-bond donors (Lipinski definition) is 2. The first-order valence-corrected chi connectivity index (χ1v) is 11.1. The number of anilines is 3. The third-order valence-corrected chi connectivity index (χ3v) is 6.01. The molecule has 0 saturated carbocycles. The van der Waals surface area contributed by atoms with Crippen LogP contribution in [0, 0.1) is 13.8 Å². The van der Waals surface area contributed by atoms with Gasteiger partial charge in [-0.15, -0.1) is 0 Å². The number of ether oxygens (including phenoxy) is 1. The fourth-order valence-corrected chi connectivity index (χ4v) is 3.78. The zero-order valence-electron chi connectivity index (χ0n) is 18.5. The average Bonchev–Trinajstić information content (AvgIpc) is 2.83. The molecule has 2 amide bonds. The molecule has 4 rings (SSSR count). The number of aromatic nitrogens is 1. The standard InChI is InChI=1S/C25H25ClN4O3/c1-16-6-7-19(15-22(16)29-25(32)20-4-3-5-21(26)17(20)2)28-24(31)18-8-9-27-23(14-18)30-10-12-33-13-11-30/h3-9,14-15H,10-13H2,1-2H3,(H,28,31)(H,29,32). The first-order chi connectivity index (χ1) is 15.9. The third kappa shape index (κ3) is 5.32. The molecule has 1 fully saturated rings. The summed E-state index contributed by atoms with van der Waals surface area (Å²) in [5.74, 6) is 0.240. The number of rotatable bonds is 5. The minimum atomic E-state index is -0.258. The number of nitrogens with zero attached hydrogens (tertiary/aromatic N) is 2. The normalized spacial score (nSPS) is 13.5. The molecule has 8 heteroatoms. The number of morpholine rings is 1. The number of halogens is 1. The third-order valence-electron chi connectivity index (χ3n) is 5.60. The molecule has 0 unspecified atom stereocenters. The summed E-state index contributed by atoms with van der Waals surface area (Å²) in [6, 6.07) is 14.1. The van der Waals surface area contributed by atoms with Crippen molar-refractivity contribution in [3.63, 3.8) is 0 Å². The summed E-state index contributed by atoms with van der Waals surface area (Å²) in [5, 5.41) is 6.37. The summed E-state index contributed by atoms with van der Waals surface area (Å²) in [6.45, 7) is 6.47. The summed E-state index contributed by atoms with van der Waals surface area (Å²) in [6.07, 6.45) is 1.63. The number of carbonyl (C=O) groups excluding carboxylic acids is 2. The van der Waals surface area contributed by atoms with E-state index in [0.717, 1.165) is 24.5 Å². The molecule has 1 saturated heterocycles. The maximum absolute atomic E-state index is 12.9. The molecule has 33 heavy (non-hydrogen) atoms. The Kier molecular flexibility index (Phi) is 6.91. The molecule has 0 aliphatic carbocycles. The van der Waals surface area contributed by atoms with E-state index in [9.17, 15) is 9.59 Å². The van der Waals surface area contributed by atoms with E-state index in [0.29, 0.717) is 46.3 Å². The van der Waals surface area contributed by atoms with Crippen LogP contribution in [0.3, 0.4) is 0 Å². The lowest BCUT2D eigenvalue weighted by Crippen LogP contribution is -2.36. The van der Waals surface area contributed by atoms with Crippen molar-refractivity contribution in [1.82, 2.24) is 4.98 Å². The maximum Gasteiger partial charge on any atom is 0.255 e. The van der Waals surface area contributed by atoms with Crippen LogP contribution in [-0.2, 0) is 4.74 Å². The van der Waals surface area contributed by atoms with E-state index in [-0.39, 0.29) is 11.8 Å². The molecule has 1 aliphatic rings. The van der Waals surface area contributed by atoms with Crippen molar-refractivity contribution >= 4 is 40.6 Å². The Hall–Kier alpha value is -3.42. The first kappa shape index (κ1) is 22.8. The zero-order valence-corrected chi connectivity index (χ0v) is 19.3. The molecule has 1 aliphatic heterocycles. The zero-order chi connectivity index (χ0) is 23.4. The SMILES string of the molecule is Cc1ccc(NC(=O)c2ccnc(N3CCOCC3)c2)cc1NC(=O)c1cccc(Cl)c1C. The number of carbonyl (C=O) groups is 2. The number of aryl methyl sites for hydroxylation is 1. The fourth-order valence-electron chi connectivity index (χ4n) is 3.61. The van der Waals surface area contributed by atoms with Gasteiger partial charge in [-0.2, -0.15) is 0 Å². The highest BCUT2D eigenvalue weighted by Crippen LogP contribution is 2.24. The van der Waals surface area contributed by atoms with Gasteiger partial charge in [0, 0.05) is 46.8 Å². The van der Waals surface area contributed by atoms with Gasteiger partial charge in [-0.05, 0) is 61.4 Å². The Morgan fingerprint density at radius 3 is 2.58 bits per heavy atom. The van der Waals surface area contributed by atoms with Crippen LogP contribution in [0.15, 0.2) is 54.7 Å². The van der Waals surface area contributed by atoms with Gasteiger partial charge in [0.25, 0.3) is 11.8 Å². The Bertz CT molecular complexity index is 1190. The summed E-state index contributed by atoms with van der Waals surface area (Å²) >= 11 is 6.15. The Morgan fingerprint density at radius 2 is 1.79 bits per heavy atom. The Morgan fingerprint density at radius 1 is 1.00 bits per heavy atom. The first-order valence-electron chi connectivity index (χ1n) is 10.7.